The first kappa shape index (κ1) is 18.9. The van der Waals surface area contributed by atoms with E-state index in [-0.39, 0.29) is 23.1 Å². The van der Waals surface area contributed by atoms with Crippen LogP contribution in [0.4, 0.5) is 11.6 Å². The van der Waals surface area contributed by atoms with Crippen molar-refractivity contribution in [3.8, 4) is 11.5 Å². The molecule has 1 aromatic carbocycles. The molecule has 1 aliphatic rings. The Morgan fingerprint density at radius 2 is 1.93 bits per heavy atom. The smallest absolute Gasteiger partial charge is 0.254 e. The van der Waals surface area contributed by atoms with E-state index in [1.807, 2.05) is 0 Å². The number of ether oxygens (including phenoxy) is 2. The van der Waals surface area contributed by atoms with Crippen LogP contribution < -0.4 is 20.1 Å². The van der Waals surface area contributed by atoms with E-state index in [1.54, 1.807) is 25.3 Å². The van der Waals surface area contributed by atoms with Gasteiger partial charge in [0.25, 0.3) is 5.91 Å². The van der Waals surface area contributed by atoms with Crippen LogP contribution in [-0.2, 0) is 9.84 Å². The first-order valence-electron chi connectivity index (χ1n) is 8.22. The lowest BCUT2D eigenvalue weighted by atomic mass is 10.2. The highest BCUT2D eigenvalue weighted by molar-refractivity contribution is 7.91. The van der Waals surface area contributed by atoms with Gasteiger partial charge in [-0.05, 0) is 18.6 Å². The molecular weight excluding hydrogens is 372 g/mol. The average molecular weight is 392 g/mol. The highest BCUT2D eigenvalue weighted by Gasteiger charge is 2.29. The molecule has 1 atom stereocenters. The molecule has 0 saturated carbocycles. The number of hydrogen-bond donors (Lipinski definition) is 2. The van der Waals surface area contributed by atoms with Gasteiger partial charge in [0.2, 0.25) is 5.95 Å². The fourth-order valence-corrected chi connectivity index (χ4v) is 4.38. The molecule has 10 heteroatoms. The number of carbonyl (C=O) groups excluding carboxylic acids is 1. The maximum Gasteiger partial charge on any atom is 0.254 e. The fourth-order valence-electron chi connectivity index (χ4n) is 2.71. The molecule has 2 heterocycles. The van der Waals surface area contributed by atoms with Gasteiger partial charge in [0.15, 0.2) is 9.84 Å². The topological polar surface area (TPSA) is 120 Å². The molecule has 1 amide bonds. The average Bonchev–Trinajstić information content (AvgIpc) is 3.00. The van der Waals surface area contributed by atoms with E-state index in [2.05, 4.69) is 20.6 Å². The van der Waals surface area contributed by atoms with Crippen molar-refractivity contribution in [2.45, 2.75) is 12.5 Å². The summed E-state index contributed by atoms with van der Waals surface area (Å²) in [5.74, 6) is 1.17. The summed E-state index contributed by atoms with van der Waals surface area (Å²) in [6.07, 6.45) is 3.18. The SMILES string of the molecule is COc1ccc(Nc2ncc(C(=O)NC3CCS(=O)(=O)C3)cn2)c(OC)c1. The number of amides is 1. The Balaban J connectivity index is 1.66. The van der Waals surface area contributed by atoms with Gasteiger partial charge in [-0.2, -0.15) is 0 Å². The number of anilines is 2. The van der Waals surface area contributed by atoms with Crippen molar-refractivity contribution in [3.05, 3.63) is 36.2 Å². The number of rotatable bonds is 6. The van der Waals surface area contributed by atoms with Crippen molar-refractivity contribution >= 4 is 27.4 Å². The maximum absolute atomic E-state index is 12.2. The summed E-state index contributed by atoms with van der Waals surface area (Å²) in [5, 5.41) is 5.71. The van der Waals surface area contributed by atoms with Gasteiger partial charge >= 0.3 is 0 Å². The standard InChI is InChI=1S/C17H20N4O5S/c1-25-13-3-4-14(15(7-13)26-2)21-17-18-8-11(9-19-17)16(22)20-12-5-6-27(23,24)10-12/h3-4,7-9,12H,5-6,10H2,1-2H3,(H,20,22)(H,18,19,21). The fraction of sp³-hybridized carbons (Fsp3) is 0.353. The number of sulfone groups is 1. The van der Waals surface area contributed by atoms with Gasteiger partial charge in [-0.1, -0.05) is 0 Å². The van der Waals surface area contributed by atoms with Crippen LogP contribution in [0.2, 0.25) is 0 Å². The molecule has 1 aliphatic heterocycles. The molecule has 2 N–H and O–H groups in total. The summed E-state index contributed by atoms with van der Waals surface area (Å²) < 4.78 is 33.4. The molecule has 0 aliphatic carbocycles. The predicted octanol–water partition coefficient (Wildman–Crippen LogP) is 1.15. The largest absolute Gasteiger partial charge is 0.497 e. The summed E-state index contributed by atoms with van der Waals surface area (Å²) in [6.45, 7) is 0. The van der Waals surface area contributed by atoms with E-state index in [9.17, 15) is 13.2 Å². The number of nitrogens with zero attached hydrogens (tertiary/aromatic N) is 2. The van der Waals surface area contributed by atoms with Gasteiger partial charge in [0.1, 0.15) is 11.5 Å². The van der Waals surface area contributed by atoms with Gasteiger partial charge in [-0.15, -0.1) is 0 Å². The van der Waals surface area contributed by atoms with Gasteiger partial charge < -0.3 is 20.1 Å². The highest BCUT2D eigenvalue weighted by atomic mass is 32.2. The van der Waals surface area contributed by atoms with Crippen LogP contribution >= 0.6 is 0 Å². The molecule has 0 bridgehead atoms. The summed E-state index contributed by atoms with van der Waals surface area (Å²) in [4.78, 5) is 20.5. The molecule has 1 fully saturated rings. The zero-order valence-corrected chi connectivity index (χ0v) is 15.7. The van der Waals surface area contributed by atoms with Crippen molar-refractivity contribution in [3.63, 3.8) is 0 Å². The van der Waals surface area contributed by atoms with E-state index >= 15 is 0 Å². The summed E-state index contributed by atoms with van der Waals surface area (Å²) in [7, 11) is 0.0513. The lowest BCUT2D eigenvalue weighted by molar-refractivity contribution is 0.0940. The van der Waals surface area contributed by atoms with Crippen molar-refractivity contribution in [1.82, 2.24) is 15.3 Å². The first-order valence-corrected chi connectivity index (χ1v) is 10.0. The van der Waals surface area contributed by atoms with Crippen molar-refractivity contribution in [2.75, 3.05) is 31.0 Å². The minimum absolute atomic E-state index is 0.0312. The Bertz CT molecular complexity index is 931. The molecule has 27 heavy (non-hydrogen) atoms. The molecule has 0 radical (unpaired) electrons. The Morgan fingerprint density at radius 1 is 1.19 bits per heavy atom. The maximum atomic E-state index is 12.2. The molecule has 1 aromatic heterocycles. The van der Waals surface area contributed by atoms with E-state index in [1.165, 1.54) is 19.5 Å². The molecule has 9 nitrogen and oxygen atoms in total. The lowest BCUT2D eigenvalue weighted by Crippen LogP contribution is -2.35. The number of methoxy groups -OCH3 is 2. The Labute approximate surface area is 157 Å². The molecule has 1 saturated heterocycles. The number of nitrogens with one attached hydrogen (secondary N) is 2. The first-order chi connectivity index (χ1) is 12.9. The Morgan fingerprint density at radius 3 is 2.52 bits per heavy atom. The number of aromatic nitrogens is 2. The molecule has 144 valence electrons. The third kappa shape index (κ3) is 4.64. The van der Waals surface area contributed by atoms with E-state index in [0.717, 1.165) is 0 Å². The highest BCUT2D eigenvalue weighted by Crippen LogP contribution is 2.30. The predicted molar refractivity (Wildman–Crippen MR) is 99.4 cm³/mol. The van der Waals surface area contributed by atoms with E-state index < -0.39 is 15.7 Å². The van der Waals surface area contributed by atoms with Gasteiger partial charge in [0.05, 0.1) is 37.0 Å². The van der Waals surface area contributed by atoms with Crippen LogP contribution in [0.3, 0.4) is 0 Å². The quantitative estimate of drug-likeness (QED) is 0.751. The van der Waals surface area contributed by atoms with Gasteiger partial charge in [0, 0.05) is 24.5 Å². The molecule has 0 spiro atoms. The van der Waals surface area contributed by atoms with Crippen LogP contribution in [0.15, 0.2) is 30.6 Å². The molecular formula is C17H20N4O5S. The second-order valence-electron chi connectivity index (χ2n) is 6.06. The normalized spacial score (nSPS) is 17.9. The Hall–Kier alpha value is -2.88. The lowest BCUT2D eigenvalue weighted by Gasteiger charge is -2.12. The second-order valence-corrected chi connectivity index (χ2v) is 8.29. The number of carbonyl (C=O) groups is 1. The van der Waals surface area contributed by atoms with Gasteiger partial charge in [-0.25, -0.2) is 18.4 Å². The molecule has 2 aromatic rings. The van der Waals surface area contributed by atoms with Crippen LogP contribution in [-0.4, -0.2) is 56.1 Å². The van der Waals surface area contributed by atoms with Crippen molar-refractivity contribution < 1.29 is 22.7 Å². The van der Waals surface area contributed by atoms with Crippen LogP contribution in [0.25, 0.3) is 0 Å². The minimum atomic E-state index is -3.05. The number of hydrogen-bond acceptors (Lipinski definition) is 8. The van der Waals surface area contributed by atoms with Gasteiger partial charge in [-0.3, -0.25) is 4.79 Å². The van der Waals surface area contributed by atoms with Crippen LogP contribution in [0, 0.1) is 0 Å². The zero-order valence-electron chi connectivity index (χ0n) is 14.9. The summed E-state index contributed by atoms with van der Waals surface area (Å²) in [5.41, 5.74) is 0.901. The van der Waals surface area contributed by atoms with Crippen molar-refractivity contribution in [1.29, 1.82) is 0 Å². The minimum Gasteiger partial charge on any atom is -0.497 e. The Kier molecular flexibility index (Phi) is 5.45. The van der Waals surface area contributed by atoms with E-state index in [4.69, 9.17) is 9.47 Å². The monoisotopic (exact) mass is 392 g/mol. The second kappa shape index (κ2) is 7.78. The zero-order chi connectivity index (χ0) is 19.4. The summed E-state index contributed by atoms with van der Waals surface area (Å²) >= 11 is 0. The summed E-state index contributed by atoms with van der Waals surface area (Å²) in [6, 6.07) is 4.88. The number of benzene rings is 1. The molecule has 3 rings (SSSR count). The van der Waals surface area contributed by atoms with E-state index in [0.29, 0.717) is 29.6 Å². The molecule has 1 unspecified atom stereocenters. The third-order valence-electron chi connectivity index (χ3n) is 4.14. The third-order valence-corrected chi connectivity index (χ3v) is 5.90. The van der Waals surface area contributed by atoms with Crippen LogP contribution in [0.1, 0.15) is 16.8 Å². The van der Waals surface area contributed by atoms with Crippen LogP contribution in [0.5, 0.6) is 11.5 Å². The van der Waals surface area contributed by atoms with Crippen molar-refractivity contribution in [2.24, 2.45) is 0 Å².